The van der Waals surface area contributed by atoms with Crippen molar-refractivity contribution in [3.05, 3.63) is 12.2 Å². The molecule has 0 aliphatic heterocycles. The quantitative estimate of drug-likeness (QED) is 0.488. The maximum absolute atomic E-state index is 9.63. The largest absolute Gasteiger partial charge is 0.387 e. The second-order valence-corrected chi connectivity index (χ2v) is 3.01. The Kier molecular flexibility index (Phi) is 6.86. The fourth-order valence-corrected chi connectivity index (χ4v) is 1.05. The molecule has 1 unspecified atom stereocenters. The van der Waals surface area contributed by atoms with Crippen LogP contribution in [0.5, 0.6) is 0 Å². The lowest BCUT2D eigenvalue weighted by Gasteiger charge is -2.22. The Morgan fingerprint density at radius 3 is 2.08 bits per heavy atom. The molecule has 0 saturated carbocycles. The minimum Gasteiger partial charge on any atom is -0.387 e. The number of aliphatic hydroxyl groups is 1. The first-order valence-electron chi connectivity index (χ1n) is 4.67. The molecule has 0 aliphatic carbocycles. The Labute approximate surface area is 80.4 Å². The van der Waals surface area contributed by atoms with Crippen molar-refractivity contribution in [3.8, 4) is 0 Å². The molecule has 1 atom stereocenters. The first kappa shape index (κ1) is 12.6. The zero-order valence-electron chi connectivity index (χ0n) is 8.75. The molecule has 78 valence electrons. The molecule has 0 aromatic heterocycles. The molecule has 0 bridgehead atoms. The first-order valence-corrected chi connectivity index (χ1v) is 4.67. The third kappa shape index (κ3) is 5.80. The molecule has 0 rings (SSSR count). The van der Waals surface area contributed by atoms with Crippen molar-refractivity contribution < 1.29 is 14.6 Å². The van der Waals surface area contributed by atoms with Crippen molar-refractivity contribution in [2.24, 2.45) is 0 Å². The van der Waals surface area contributed by atoms with Gasteiger partial charge < -0.3 is 14.6 Å². The van der Waals surface area contributed by atoms with Gasteiger partial charge in [-0.15, -0.1) is 6.58 Å². The molecule has 0 heterocycles. The molecule has 0 radical (unpaired) electrons. The summed E-state index contributed by atoms with van der Waals surface area (Å²) in [6.45, 7) is 10.4. The zero-order chi connectivity index (χ0) is 10.3. The van der Waals surface area contributed by atoms with E-state index in [0.29, 0.717) is 19.6 Å². The van der Waals surface area contributed by atoms with Crippen LogP contribution in [0.15, 0.2) is 12.2 Å². The smallest absolute Gasteiger partial charge is 0.183 e. The third-order valence-electron chi connectivity index (χ3n) is 1.53. The molecule has 0 fully saturated rings. The SMILES string of the molecule is C=C(C)CC(O)C(OCC)OCC. The predicted octanol–water partition coefficient (Wildman–Crippen LogP) is 1.71. The predicted molar refractivity (Wildman–Crippen MR) is 52.5 cm³/mol. The number of aliphatic hydroxyl groups excluding tert-OH is 1. The third-order valence-corrected chi connectivity index (χ3v) is 1.53. The van der Waals surface area contributed by atoms with E-state index in [-0.39, 0.29) is 0 Å². The highest BCUT2D eigenvalue weighted by Crippen LogP contribution is 2.10. The molecule has 3 nitrogen and oxygen atoms in total. The van der Waals surface area contributed by atoms with Crippen LogP contribution < -0.4 is 0 Å². The minimum absolute atomic E-state index is 0.519. The Balaban J connectivity index is 3.93. The Morgan fingerprint density at radius 1 is 1.31 bits per heavy atom. The van der Waals surface area contributed by atoms with Gasteiger partial charge in [-0.3, -0.25) is 0 Å². The topological polar surface area (TPSA) is 38.7 Å². The van der Waals surface area contributed by atoms with Crippen molar-refractivity contribution in [1.82, 2.24) is 0 Å². The summed E-state index contributed by atoms with van der Waals surface area (Å²) in [6, 6.07) is 0. The van der Waals surface area contributed by atoms with E-state index in [1.54, 1.807) is 0 Å². The van der Waals surface area contributed by atoms with Gasteiger partial charge in [0.15, 0.2) is 6.29 Å². The molecule has 1 N–H and O–H groups in total. The van der Waals surface area contributed by atoms with E-state index in [0.717, 1.165) is 5.57 Å². The van der Waals surface area contributed by atoms with E-state index in [9.17, 15) is 5.11 Å². The van der Waals surface area contributed by atoms with Gasteiger partial charge in [0.1, 0.15) is 6.10 Å². The summed E-state index contributed by atoms with van der Waals surface area (Å²) in [4.78, 5) is 0. The van der Waals surface area contributed by atoms with Crippen LogP contribution in [-0.4, -0.2) is 30.7 Å². The lowest BCUT2D eigenvalue weighted by Crippen LogP contribution is -2.32. The van der Waals surface area contributed by atoms with Crippen LogP contribution in [0.1, 0.15) is 27.2 Å². The van der Waals surface area contributed by atoms with Gasteiger partial charge in [-0.05, 0) is 27.2 Å². The standard InChI is InChI=1S/C10H20O3/c1-5-12-10(13-6-2)9(11)7-8(3)4/h9-11H,3,5-7H2,1-2,4H3. The lowest BCUT2D eigenvalue weighted by molar-refractivity contribution is -0.188. The van der Waals surface area contributed by atoms with Gasteiger partial charge in [-0.2, -0.15) is 0 Å². The Bertz CT molecular complexity index is 139. The number of ether oxygens (including phenoxy) is 2. The minimum atomic E-state index is -0.614. The van der Waals surface area contributed by atoms with E-state index >= 15 is 0 Å². The summed E-state index contributed by atoms with van der Waals surface area (Å²) in [7, 11) is 0. The highest BCUT2D eigenvalue weighted by Gasteiger charge is 2.19. The summed E-state index contributed by atoms with van der Waals surface area (Å²) >= 11 is 0. The van der Waals surface area contributed by atoms with Gasteiger partial charge in [0, 0.05) is 13.2 Å². The van der Waals surface area contributed by atoms with Crippen LogP contribution in [0.4, 0.5) is 0 Å². The second kappa shape index (κ2) is 7.06. The molecule has 0 aliphatic rings. The van der Waals surface area contributed by atoms with Gasteiger partial charge in [-0.1, -0.05) is 5.57 Å². The highest BCUT2D eigenvalue weighted by molar-refractivity contribution is 4.91. The van der Waals surface area contributed by atoms with E-state index in [1.165, 1.54) is 0 Å². The molecule has 0 aromatic rings. The molecule has 13 heavy (non-hydrogen) atoms. The van der Waals surface area contributed by atoms with Crippen LogP contribution >= 0.6 is 0 Å². The highest BCUT2D eigenvalue weighted by atomic mass is 16.7. The van der Waals surface area contributed by atoms with Gasteiger partial charge in [0.05, 0.1) is 0 Å². The lowest BCUT2D eigenvalue weighted by atomic mass is 10.1. The van der Waals surface area contributed by atoms with Gasteiger partial charge in [0.25, 0.3) is 0 Å². The molecule has 0 spiro atoms. The summed E-state index contributed by atoms with van der Waals surface area (Å²) in [6.07, 6.45) is -0.617. The first-order chi connectivity index (χ1) is 6.11. The van der Waals surface area contributed by atoms with Crippen LogP contribution in [0, 0.1) is 0 Å². The summed E-state index contributed by atoms with van der Waals surface area (Å²) in [5.41, 5.74) is 0.928. The number of rotatable bonds is 7. The maximum Gasteiger partial charge on any atom is 0.183 e. The number of hydrogen-bond donors (Lipinski definition) is 1. The second-order valence-electron chi connectivity index (χ2n) is 3.01. The van der Waals surface area contributed by atoms with E-state index in [2.05, 4.69) is 6.58 Å². The summed E-state index contributed by atoms with van der Waals surface area (Å²) in [5.74, 6) is 0. The number of hydrogen-bond acceptors (Lipinski definition) is 3. The normalized spacial score (nSPS) is 13.3. The monoisotopic (exact) mass is 188 g/mol. The summed E-state index contributed by atoms with van der Waals surface area (Å²) in [5, 5.41) is 9.63. The van der Waals surface area contributed by atoms with Crippen molar-refractivity contribution in [2.75, 3.05) is 13.2 Å². The molecular weight excluding hydrogens is 168 g/mol. The molecule has 3 heteroatoms. The molecule has 0 aromatic carbocycles. The molecule has 0 saturated heterocycles. The van der Waals surface area contributed by atoms with Gasteiger partial charge >= 0.3 is 0 Å². The van der Waals surface area contributed by atoms with E-state index in [4.69, 9.17) is 9.47 Å². The fourth-order valence-electron chi connectivity index (χ4n) is 1.05. The zero-order valence-corrected chi connectivity index (χ0v) is 8.75. The van der Waals surface area contributed by atoms with E-state index < -0.39 is 12.4 Å². The van der Waals surface area contributed by atoms with Gasteiger partial charge in [-0.25, -0.2) is 0 Å². The summed E-state index contributed by atoms with van der Waals surface area (Å²) < 4.78 is 10.5. The van der Waals surface area contributed by atoms with Crippen molar-refractivity contribution >= 4 is 0 Å². The Hall–Kier alpha value is -0.380. The van der Waals surface area contributed by atoms with Crippen LogP contribution in [0.2, 0.25) is 0 Å². The fraction of sp³-hybridized carbons (Fsp3) is 0.800. The molecule has 0 amide bonds. The van der Waals surface area contributed by atoms with Crippen LogP contribution in [-0.2, 0) is 9.47 Å². The van der Waals surface area contributed by atoms with Crippen molar-refractivity contribution in [1.29, 1.82) is 0 Å². The average Bonchev–Trinajstić information content (AvgIpc) is 2.02. The molecular formula is C10H20O3. The van der Waals surface area contributed by atoms with Crippen LogP contribution in [0.3, 0.4) is 0 Å². The van der Waals surface area contributed by atoms with E-state index in [1.807, 2.05) is 20.8 Å². The average molecular weight is 188 g/mol. The van der Waals surface area contributed by atoms with Gasteiger partial charge in [0.2, 0.25) is 0 Å². The maximum atomic E-state index is 9.63. The Morgan fingerprint density at radius 2 is 1.77 bits per heavy atom. The van der Waals surface area contributed by atoms with Crippen LogP contribution in [0.25, 0.3) is 0 Å². The van der Waals surface area contributed by atoms with Crippen molar-refractivity contribution in [2.45, 2.75) is 39.6 Å². The van der Waals surface area contributed by atoms with Crippen molar-refractivity contribution in [3.63, 3.8) is 0 Å².